The highest BCUT2D eigenvalue weighted by atomic mass is 16.5. The molecule has 1 aliphatic carbocycles. The van der Waals surface area contributed by atoms with Crippen molar-refractivity contribution in [3.63, 3.8) is 0 Å². The number of carboxylic acids is 1. The van der Waals surface area contributed by atoms with Crippen molar-refractivity contribution in [2.45, 2.75) is 32.1 Å². The van der Waals surface area contributed by atoms with Crippen LogP contribution >= 0.6 is 0 Å². The molecule has 1 N–H and O–H groups in total. The molecule has 0 aromatic carbocycles. The quantitative estimate of drug-likeness (QED) is 0.788. The van der Waals surface area contributed by atoms with Gasteiger partial charge in [0.05, 0.1) is 11.8 Å². The maximum atomic E-state index is 11.1. The molecule has 0 saturated heterocycles. The summed E-state index contributed by atoms with van der Waals surface area (Å²) < 4.78 is 5.12. The normalized spacial score (nSPS) is 24.6. The Morgan fingerprint density at radius 3 is 2.94 bits per heavy atom. The highest BCUT2D eigenvalue weighted by Gasteiger charge is 2.33. The number of aliphatic carboxylic acids is 1. The summed E-state index contributed by atoms with van der Waals surface area (Å²) >= 11 is 0. The molecule has 0 bridgehead atoms. The Morgan fingerprint density at radius 2 is 2.31 bits per heavy atom. The Hall–Kier alpha value is -1.65. The van der Waals surface area contributed by atoms with E-state index in [0.29, 0.717) is 31.0 Å². The van der Waals surface area contributed by atoms with Crippen LogP contribution in [0, 0.1) is 5.92 Å². The molecule has 86 valence electrons. The molecule has 0 fully saturated rings. The SMILES string of the molecule is CCc1noc(C2CC=CCC2C(=O)O)n1. The van der Waals surface area contributed by atoms with Gasteiger partial charge in [-0.1, -0.05) is 24.2 Å². The number of carbonyl (C=O) groups is 1. The van der Waals surface area contributed by atoms with Crippen LogP contribution in [0.5, 0.6) is 0 Å². The van der Waals surface area contributed by atoms with Gasteiger partial charge in [0.2, 0.25) is 5.89 Å². The number of allylic oxidation sites excluding steroid dienone is 2. The van der Waals surface area contributed by atoms with Crippen molar-refractivity contribution in [2.24, 2.45) is 5.92 Å². The van der Waals surface area contributed by atoms with Crippen LogP contribution in [0.15, 0.2) is 16.7 Å². The molecular formula is C11H14N2O3. The van der Waals surface area contributed by atoms with E-state index in [0.717, 1.165) is 0 Å². The Bertz CT molecular complexity index is 411. The van der Waals surface area contributed by atoms with Crippen molar-refractivity contribution in [2.75, 3.05) is 0 Å². The summed E-state index contributed by atoms with van der Waals surface area (Å²) in [6.45, 7) is 1.93. The number of hydrogen-bond donors (Lipinski definition) is 1. The van der Waals surface area contributed by atoms with Gasteiger partial charge in [-0.2, -0.15) is 4.98 Å². The maximum absolute atomic E-state index is 11.1. The summed E-state index contributed by atoms with van der Waals surface area (Å²) in [6.07, 6.45) is 5.75. The van der Waals surface area contributed by atoms with Gasteiger partial charge in [-0.05, 0) is 12.8 Å². The third-order valence-electron chi connectivity index (χ3n) is 2.87. The number of nitrogens with zero attached hydrogens (tertiary/aromatic N) is 2. The number of aryl methyl sites for hydroxylation is 1. The van der Waals surface area contributed by atoms with E-state index in [-0.39, 0.29) is 5.92 Å². The van der Waals surface area contributed by atoms with Crippen LogP contribution in [0.2, 0.25) is 0 Å². The summed E-state index contributed by atoms with van der Waals surface area (Å²) in [5, 5.41) is 12.9. The maximum Gasteiger partial charge on any atom is 0.307 e. The van der Waals surface area contributed by atoms with Gasteiger partial charge < -0.3 is 9.63 Å². The van der Waals surface area contributed by atoms with Crippen LogP contribution in [-0.2, 0) is 11.2 Å². The molecule has 0 radical (unpaired) electrons. The molecule has 0 saturated carbocycles. The predicted octanol–water partition coefficient (Wildman–Crippen LogP) is 1.77. The lowest BCUT2D eigenvalue weighted by molar-refractivity contribution is -0.142. The molecule has 1 heterocycles. The van der Waals surface area contributed by atoms with Crippen molar-refractivity contribution in [3.8, 4) is 0 Å². The predicted molar refractivity (Wildman–Crippen MR) is 55.9 cm³/mol. The van der Waals surface area contributed by atoms with Gasteiger partial charge in [0.15, 0.2) is 5.82 Å². The highest BCUT2D eigenvalue weighted by molar-refractivity contribution is 5.71. The van der Waals surface area contributed by atoms with E-state index in [1.165, 1.54) is 0 Å². The molecule has 0 spiro atoms. The van der Waals surface area contributed by atoms with Gasteiger partial charge in [0.25, 0.3) is 0 Å². The van der Waals surface area contributed by atoms with E-state index in [1.807, 2.05) is 19.1 Å². The van der Waals surface area contributed by atoms with E-state index in [2.05, 4.69) is 10.1 Å². The molecule has 5 nitrogen and oxygen atoms in total. The van der Waals surface area contributed by atoms with Crippen molar-refractivity contribution in [3.05, 3.63) is 23.9 Å². The molecule has 2 rings (SSSR count). The van der Waals surface area contributed by atoms with Gasteiger partial charge in [0, 0.05) is 6.42 Å². The number of aromatic nitrogens is 2. The fourth-order valence-corrected chi connectivity index (χ4v) is 1.92. The summed E-state index contributed by atoms with van der Waals surface area (Å²) in [7, 11) is 0. The Kier molecular flexibility index (Phi) is 3.03. The second kappa shape index (κ2) is 4.47. The van der Waals surface area contributed by atoms with Crippen LogP contribution in [-0.4, -0.2) is 21.2 Å². The first-order chi connectivity index (χ1) is 7.72. The van der Waals surface area contributed by atoms with Gasteiger partial charge in [0.1, 0.15) is 0 Å². The summed E-state index contributed by atoms with van der Waals surface area (Å²) in [5.74, 6) is -0.349. The van der Waals surface area contributed by atoms with E-state index in [1.54, 1.807) is 0 Å². The summed E-state index contributed by atoms with van der Waals surface area (Å²) in [6, 6.07) is 0. The van der Waals surface area contributed by atoms with Crippen LogP contribution in [0.4, 0.5) is 0 Å². The van der Waals surface area contributed by atoms with Crippen LogP contribution in [0.1, 0.15) is 37.4 Å². The summed E-state index contributed by atoms with van der Waals surface area (Å²) in [5.41, 5.74) is 0. The first-order valence-electron chi connectivity index (χ1n) is 5.42. The van der Waals surface area contributed by atoms with E-state index in [9.17, 15) is 4.79 Å². The zero-order valence-corrected chi connectivity index (χ0v) is 9.09. The van der Waals surface area contributed by atoms with Crippen LogP contribution in [0.3, 0.4) is 0 Å². The average Bonchev–Trinajstić information content (AvgIpc) is 2.77. The standard InChI is InChI=1S/C11H14N2O3/c1-2-9-12-10(16-13-9)7-5-3-4-6-8(7)11(14)15/h3-4,7-8H,2,5-6H2,1H3,(H,14,15). The fourth-order valence-electron chi connectivity index (χ4n) is 1.92. The summed E-state index contributed by atoms with van der Waals surface area (Å²) in [4.78, 5) is 15.3. The molecule has 16 heavy (non-hydrogen) atoms. The van der Waals surface area contributed by atoms with Crippen LogP contribution in [0.25, 0.3) is 0 Å². The Balaban J connectivity index is 2.23. The lowest BCUT2D eigenvalue weighted by Gasteiger charge is -2.21. The Labute approximate surface area is 93.2 Å². The van der Waals surface area contributed by atoms with Crippen molar-refractivity contribution >= 4 is 5.97 Å². The molecule has 2 unspecified atom stereocenters. The van der Waals surface area contributed by atoms with Gasteiger partial charge in [-0.15, -0.1) is 0 Å². The third-order valence-corrected chi connectivity index (χ3v) is 2.87. The number of carboxylic acid groups (broad SMARTS) is 1. The van der Waals surface area contributed by atoms with Crippen LogP contribution < -0.4 is 0 Å². The van der Waals surface area contributed by atoms with Gasteiger partial charge in [-0.25, -0.2) is 0 Å². The van der Waals surface area contributed by atoms with E-state index < -0.39 is 11.9 Å². The molecule has 1 aromatic heterocycles. The minimum atomic E-state index is -0.800. The third kappa shape index (κ3) is 1.98. The van der Waals surface area contributed by atoms with E-state index >= 15 is 0 Å². The van der Waals surface area contributed by atoms with Gasteiger partial charge >= 0.3 is 5.97 Å². The number of hydrogen-bond acceptors (Lipinski definition) is 4. The lowest BCUT2D eigenvalue weighted by atomic mass is 9.83. The molecule has 0 amide bonds. The first-order valence-corrected chi connectivity index (χ1v) is 5.42. The van der Waals surface area contributed by atoms with E-state index in [4.69, 9.17) is 9.63 Å². The van der Waals surface area contributed by atoms with Gasteiger partial charge in [-0.3, -0.25) is 4.79 Å². The van der Waals surface area contributed by atoms with Crippen molar-refractivity contribution in [1.82, 2.24) is 10.1 Å². The lowest BCUT2D eigenvalue weighted by Crippen LogP contribution is -2.23. The first kappa shape index (κ1) is 10.9. The molecule has 5 heteroatoms. The zero-order valence-electron chi connectivity index (χ0n) is 9.09. The molecule has 1 aromatic rings. The highest BCUT2D eigenvalue weighted by Crippen LogP contribution is 2.33. The minimum absolute atomic E-state index is 0.185. The molecular weight excluding hydrogens is 208 g/mol. The topological polar surface area (TPSA) is 76.2 Å². The van der Waals surface area contributed by atoms with Crippen molar-refractivity contribution < 1.29 is 14.4 Å². The second-order valence-corrected chi connectivity index (χ2v) is 3.90. The van der Waals surface area contributed by atoms with Crippen molar-refractivity contribution in [1.29, 1.82) is 0 Å². The minimum Gasteiger partial charge on any atom is -0.481 e. The fraction of sp³-hybridized carbons (Fsp3) is 0.545. The molecule has 2 atom stereocenters. The second-order valence-electron chi connectivity index (χ2n) is 3.90. The largest absolute Gasteiger partial charge is 0.481 e. The molecule has 0 aliphatic heterocycles. The molecule has 1 aliphatic rings. The smallest absolute Gasteiger partial charge is 0.307 e. The monoisotopic (exact) mass is 222 g/mol. The Morgan fingerprint density at radius 1 is 1.56 bits per heavy atom. The average molecular weight is 222 g/mol. The number of rotatable bonds is 3. The zero-order chi connectivity index (χ0) is 11.5.